The van der Waals surface area contributed by atoms with Gasteiger partial charge in [-0.15, -0.1) is 0 Å². The zero-order valence-corrected chi connectivity index (χ0v) is 14.1. The van der Waals surface area contributed by atoms with Crippen molar-refractivity contribution in [3.63, 3.8) is 0 Å². The van der Waals surface area contributed by atoms with E-state index in [0.717, 1.165) is 21.1 Å². The summed E-state index contributed by atoms with van der Waals surface area (Å²) in [5, 5.41) is 0. The summed E-state index contributed by atoms with van der Waals surface area (Å²) in [6.07, 6.45) is 0. The molecule has 0 radical (unpaired) electrons. The largest absolute Gasteiger partial charge is 0.331 e. The van der Waals surface area contributed by atoms with Gasteiger partial charge in [-0.05, 0) is 61.5 Å². The lowest BCUT2D eigenvalue weighted by molar-refractivity contribution is 0.600. The van der Waals surface area contributed by atoms with Crippen molar-refractivity contribution in [1.82, 2.24) is 9.55 Å². The van der Waals surface area contributed by atoms with Gasteiger partial charge in [-0.3, -0.25) is 0 Å². The van der Waals surface area contributed by atoms with Crippen molar-refractivity contribution in [3.05, 3.63) is 62.6 Å². The van der Waals surface area contributed by atoms with Crippen LogP contribution in [0.25, 0.3) is 11.0 Å². The number of rotatable bonds is 2. The molecule has 0 fully saturated rings. The summed E-state index contributed by atoms with van der Waals surface area (Å²) in [5.41, 5.74) is 3.52. The number of halogens is 2. The molecule has 2 aromatic carbocycles. The number of aromatic amines is 1. The van der Waals surface area contributed by atoms with Crippen LogP contribution in [-0.4, -0.2) is 9.55 Å². The lowest BCUT2D eigenvalue weighted by Gasteiger charge is -2.16. The predicted octanol–water partition coefficient (Wildman–Crippen LogP) is 5.52. The maximum Gasteiger partial charge on any atom is 0.178 e. The van der Waals surface area contributed by atoms with E-state index in [1.54, 1.807) is 19.1 Å². The Bertz CT molecular complexity index is 882. The number of aromatic nitrogens is 2. The van der Waals surface area contributed by atoms with Crippen LogP contribution in [-0.2, 0) is 0 Å². The van der Waals surface area contributed by atoms with Crippen LogP contribution in [0.15, 0.2) is 40.9 Å². The van der Waals surface area contributed by atoms with E-state index in [4.69, 9.17) is 12.2 Å². The Kier molecular flexibility index (Phi) is 3.71. The second-order valence-corrected chi connectivity index (χ2v) is 6.45. The van der Waals surface area contributed by atoms with Crippen LogP contribution in [0.2, 0.25) is 0 Å². The number of H-pyrrole nitrogens is 1. The molecule has 0 bridgehead atoms. The van der Waals surface area contributed by atoms with Crippen molar-refractivity contribution < 1.29 is 4.39 Å². The number of hydrogen-bond acceptors (Lipinski definition) is 1. The van der Waals surface area contributed by atoms with Crippen LogP contribution < -0.4 is 0 Å². The standard InChI is InChI=1S/C16H14BrFN2S/c1-9-3-4-11(7-13(9)18)10(2)20-15-8-12(17)5-6-14(15)19-16(20)21/h3-8,10H,1-2H3,(H,19,21). The number of imidazole rings is 1. The number of fused-ring (bicyclic) bond motifs is 1. The monoisotopic (exact) mass is 364 g/mol. The normalized spacial score (nSPS) is 12.8. The average Bonchev–Trinajstić information content (AvgIpc) is 2.76. The van der Waals surface area contributed by atoms with E-state index in [0.29, 0.717) is 10.3 Å². The molecule has 1 N–H and O–H groups in total. The van der Waals surface area contributed by atoms with E-state index in [1.165, 1.54) is 0 Å². The van der Waals surface area contributed by atoms with Crippen molar-refractivity contribution in [1.29, 1.82) is 0 Å². The summed E-state index contributed by atoms with van der Waals surface area (Å²) < 4.78 is 17.4. The van der Waals surface area contributed by atoms with E-state index >= 15 is 0 Å². The molecule has 1 heterocycles. The molecule has 0 aliphatic rings. The quantitative estimate of drug-likeness (QED) is 0.593. The van der Waals surface area contributed by atoms with Crippen molar-refractivity contribution in [3.8, 4) is 0 Å². The molecule has 21 heavy (non-hydrogen) atoms. The van der Waals surface area contributed by atoms with E-state index in [1.807, 2.05) is 35.8 Å². The molecule has 0 saturated heterocycles. The number of aryl methyl sites for hydroxylation is 1. The highest BCUT2D eigenvalue weighted by molar-refractivity contribution is 9.10. The van der Waals surface area contributed by atoms with Crippen LogP contribution in [0.3, 0.4) is 0 Å². The van der Waals surface area contributed by atoms with Crippen molar-refractivity contribution in [2.24, 2.45) is 0 Å². The molecular weight excluding hydrogens is 351 g/mol. The lowest BCUT2D eigenvalue weighted by Crippen LogP contribution is -2.07. The average molecular weight is 365 g/mol. The summed E-state index contributed by atoms with van der Waals surface area (Å²) in [6, 6.07) is 11.2. The molecule has 1 aromatic heterocycles. The minimum atomic E-state index is -0.188. The third-order valence-electron chi connectivity index (χ3n) is 3.75. The molecule has 0 aliphatic carbocycles. The molecule has 1 unspecified atom stereocenters. The fraction of sp³-hybridized carbons (Fsp3) is 0.188. The molecule has 2 nitrogen and oxygen atoms in total. The highest BCUT2D eigenvalue weighted by Gasteiger charge is 2.14. The molecule has 3 rings (SSSR count). The Morgan fingerprint density at radius 1 is 1.24 bits per heavy atom. The van der Waals surface area contributed by atoms with Gasteiger partial charge in [0.25, 0.3) is 0 Å². The van der Waals surface area contributed by atoms with E-state index in [9.17, 15) is 4.39 Å². The van der Waals surface area contributed by atoms with Crippen LogP contribution in [0.1, 0.15) is 24.1 Å². The maximum absolute atomic E-state index is 13.8. The zero-order chi connectivity index (χ0) is 15.1. The molecule has 0 spiro atoms. The highest BCUT2D eigenvalue weighted by atomic mass is 79.9. The van der Waals surface area contributed by atoms with Gasteiger partial charge in [0.1, 0.15) is 5.82 Å². The minimum Gasteiger partial charge on any atom is -0.331 e. The van der Waals surface area contributed by atoms with Gasteiger partial charge in [-0.2, -0.15) is 0 Å². The first-order chi connectivity index (χ1) is 9.97. The molecule has 0 saturated carbocycles. The van der Waals surface area contributed by atoms with Crippen molar-refractivity contribution in [2.45, 2.75) is 19.9 Å². The van der Waals surface area contributed by atoms with Gasteiger partial charge in [0.05, 0.1) is 17.1 Å². The highest BCUT2D eigenvalue weighted by Crippen LogP contribution is 2.27. The Hall–Kier alpha value is -1.46. The van der Waals surface area contributed by atoms with Crippen molar-refractivity contribution in [2.75, 3.05) is 0 Å². The van der Waals surface area contributed by atoms with Gasteiger partial charge in [-0.25, -0.2) is 4.39 Å². The summed E-state index contributed by atoms with van der Waals surface area (Å²) in [5.74, 6) is -0.188. The number of benzene rings is 2. The third-order valence-corrected chi connectivity index (χ3v) is 4.54. The topological polar surface area (TPSA) is 20.7 Å². The van der Waals surface area contributed by atoms with Crippen molar-refractivity contribution >= 4 is 39.2 Å². The first-order valence-electron chi connectivity index (χ1n) is 6.63. The maximum atomic E-state index is 13.8. The fourth-order valence-electron chi connectivity index (χ4n) is 2.50. The Labute approximate surface area is 135 Å². The van der Waals surface area contributed by atoms with Gasteiger partial charge in [-0.1, -0.05) is 28.1 Å². The van der Waals surface area contributed by atoms with Crippen LogP contribution in [0.4, 0.5) is 4.39 Å². The molecular formula is C16H14BrFN2S. The Morgan fingerprint density at radius 3 is 2.71 bits per heavy atom. The SMILES string of the molecule is Cc1ccc(C(C)n2c(=S)[nH]c3ccc(Br)cc32)cc1F. The van der Waals surface area contributed by atoms with Crippen LogP contribution in [0, 0.1) is 17.5 Å². The predicted molar refractivity (Wildman–Crippen MR) is 89.8 cm³/mol. The van der Waals surface area contributed by atoms with Gasteiger partial charge in [0, 0.05) is 4.47 Å². The first-order valence-corrected chi connectivity index (χ1v) is 7.83. The molecule has 1 atom stereocenters. The fourth-order valence-corrected chi connectivity index (χ4v) is 3.21. The summed E-state index contributed by atoms with van der Waals surface area (Å²) in [6.45, 7) is 3.78. The van der Waals surface area contributed by atoms with Crippen LogP contribution >= 0.6 is 28.1 Å². The number of nitrogens with zero attached hydrogens (tertiary/aromatic N) is 1. The van der Waals surface area contributed by atoms with Gasteiger partial charge < -0.3 is 9.55 Å². The lowest BCUT2D eigenvalue weighted by atomic mass is 10.1. The molecule has 0 aliphatic heterocycles. The minimum absolute atomic E-state index is 0.0457. The van der Waals surface area contributed by atoms with Crippen LogP contribution in [0.5, 0.6) is 0 Å². The first kappa shape index (κ1) is 14.5. The van der Waals surface area contributed by atoms with Gasteiger partial charge >= 0.3 is 0 Å². The second kappa shape index (κ2) is 5.39. The summed E-state index contributed by atoms with van der Waals surface area (Å²) >= 11 is 8.91. The molecule has 108 valence electrons. The third kappa shape index (κ3) is 2.56. The summed E-state index contributed by atoms with van der Waals surface area (Å²) in [7, 11) is 0. The molecule has 5 heteroatoms. The number of hydrogen-bond donors (Lipinski definition) is 1. The van der Waals surface area contributed by atoms with E-state index in [2.05, 4.69) is 20.9 Å². The van der Waals surface area contributed by atoms with E-state index < -0.39 is 0 Å². The second-order valence-electron chi connectivity index (χ2n) is 5.15. The zero-order valence-electron chi connectivity index (χ0n) is 11.7. The number of nitrogens with one attached hydrogen (secondary N) is 1. The van der Waals surface area contributed by atoms with Gasteiger partial charge in [0.2, 0.25) is 0 Å². The molecule has 0 amide bonds. The van der Waals surface area contributed by atoms with E-state index in [-0.39, 0.29) is 11.9 Å². The smallest absolute Gasteiger partial charge is 0.178 e. The summed E-state index contributed by atoms with van der Waals surface area (Å²) in [4.78, 5) is 3.19. The Balaban J connectivity index is 2.19. The van der Waals surface area contributed by atoms with Gasteiger partial charge in [0.15, 0.2) is 4.77 Å². The Morgan fingerprint density at radius 2 is 2.00 bits per heavy atom. The molecule has 3 aromatic rings.